The summed E-state index contributed by atoms with van der Waals surface area (Å²) in [5.41, 5.74) is 0. The van der Waals surface area contributed by atoms with Crippen LogP contribution in [-0.2, 0) is 0 Å². The van der Waals surface area contributed by atoms with Crippen LogP contribution in [0.2, 0.25) is 0 Å². The fourth-order valence-corrected chi connectivity index (χ4v) is 2.42. The molecule has 0 radical (unpaired) electrons. The van der Waals surface area contributed by atoms with Crippen LogP contribution < -0.4 is 19.5 Å². The number of benzene rings is 1. The molecule has 1 amide bonds. The molecule has 7 nitrogen and oxygen atoms in total. The molecule has 2 N–H and O–H groups in total. The van der Waals surface area contributed by atoms with Gasteiger partial charge in [-0.1, -0.05) is 0 Å². The molecule has 1 fully saturated rings. The van der Waals surface area contributed by atoms with Gasteiger partial charge in [0.15, 0.2) is 11.5 Å². The number of amides is 1. The first-order valence-corrected chi connectivity index (χ1v) is 7.20. The van der Waals surface area contributed by atoms with Crippen molar-refractivity contribution in [2.75, 3.05) is 40.5 Å². The molecule has 0 saturated carbocycles. The molecule has 0 bridgehead atoms. The first-order valence-electron chi connectivity index (χ1n) is 7.20. The monoisotopic (exact) mass is 310 g/mol. The summed E-state index contributed by atoms with van der Waals surface area (Å²) in [5, 5.41) is 12.3. The van der Waals surface area contributed by atoms with Crippen molar-refractivity contribution >= 4 is 6.09 Å². The number of methoxy groups -OCH3 is 2. The van der Waals surface area contributed by atoms with Crippen molar-refractivity contribution in [2.24, 2.45) is 0 Å². The number of carbonyl (C=O) groups is 1. The Morgan fingerprint density at radius 2 is 2.14 bits per heavy atom. The van der Waals surface area contributed by atoms with Gasteiger partial charge in [0.25, 0.3) is 0 Å². The SMILES string of the molecule is COc1ccc(OCCC2CN(C(=O)O)CCN2)cc1OC. The highest BCUT2D eigenvalue weighted by Gasteiger charge is 2.22. The largest absolute Gasteiger partial charge is 0.493 e. The van der Waals surface area contributed by atoms with E-state index in [1.807, 2.05) is 6.07 Å². The Balaban J connectivity index is 1.82. The lowest BCUT2D eigenvalue weighted by molar-refractivity contribution is 0.124. The Morgan fingerprint density at radius 1 is 1.36 bits per heavy atom. The Hall–Kier alpha value is -2.15. The van der Waals surface area contributed by atoms with Crippen LogP contribution in [-0.4, -0.2) is 62.6 Å². The average molecular weight is 310 g/mol. The number of carboxylic acid groups (broad SMARTS) is 1. The normalized spacial score (nSPS) is 17.9. The molecule has 0 aromatic heterocycles. The van der Waals surface area contributed by atoms with Crippen molar-refractivity contribution < 1.29 is 24.1 Å². The van der Waals surface area contributed by atoms with Crippen LogP contribution in [0.3, 0.4) is 0 Å². The van der Waals surface area contributed by atoms with Crippen LogP contribution in [0, 0.1) is 0 Å². The lowest BCUT2D eigenvalue weighted by atomic mass is 10.1. The molecular formula is C15H22N2O5. The molecule has 0 aliphatic carbocycles. The Morgan fingerprint density at radius 3 is 2.82 bits per heavy atom. The molecule has 2 rings (SSSR count). The van der Waals surface area contributed by atoms with E-state index < -0.39 is 6.09 Å². The predicted molar refractivity (Wildman–Crippen MR) is 81.0 cm³/mol. The van der Waals surface area contributed by atoms with Gasteiger partial charge in [-0.2, -0.15) is 0 Å². The summed E-state index contributed by atoms with van der Waals surface area (Å²) >= 11 is 0. The van der Waals surface area contributed by atoms with Crippen LogP contribution in [0.4, 0.5) is 4.79 Å². The van der Waals surface area contributed by atoms with E-state index in [0.29, 0.717) is 43.5 Å². The Kier molecular flexibility index (Phi) is 5.71. The minimum atomic E-state index is -0.868. The lowest BCUT2D eigenvalue weighted by Gasteiger charge is -2.31. The molecule has 0 spiro atoms. The number of rotatable bonds is 6. The highest BCUT2D eigenvalue weighted by atomic mass is 16.5. The highest BCUT2D eigenvalue weighted by molar-refractivity contribution is 5.65. The maximum absolute atomic E-state index is 11.0. The third kappa shape index (κ3) is 4.17. The van der Waals surface area contributed by atoms with Crippen LogP contribution >= 0.6 is 0 Å². The second kappa shape index (κ2) is 7.74. The van der Waals surface area contributed by atoms with Gasteiger partial charge in [0.1, 0.15) is 5.75 Å². The quantitative estimate of drug-likeness (QED) is 0.827. The van der Waals surface area contributed by atoms with Gasteiger partial charge in [0.05, 0.1) is 20.8 Å². The number of nitrogens with one attached hydrogen (secondary N) is 1. The Labute approximate surface area is 129 Å². The zero-order chi connectivity index (χ0) is 15.9. The van der Waals surface area contributed by atoms with E-state index in [0.717, 1.165) is 6.42 Å². The predicted octanol–water partition coefficient (Wildman–Crippen LogP) is 1.42. The zero-order valence-electron chi connectivity index (χ0n) is 12.9. The van der Waals surface area contributed by atoms with Crippen LogP contribution in [0.25, 0.3) is 0 Å². The maximum Gasteiger partial charge on any atom is 0.407 e. The molecule has 1 aromatic carbocycles. The molecule has 1 unspecified atom stereocenters. The van der Waals surface area contributed by atoms with Gasteiger partial charge in [0.2, 0.25) is 0 Å². The molecule has 1 aromatic rings. The second-order valence-corrected chi connectivity index (χ2v) is 5.03. The summed E-state index contributed by atoms with van der Waals surface area (Å²) in [6.07, 6.45) is -0.134. The van der Waals surface area contributed by atoms with Crippen molar-refractivity contribution in [3.05, 3.63) is 18.2 Å². The number of hydrogen-bond acceptors (Lipinski definition) is 5. The van der Waals surface area contributed by atoms with Gasteiger partial charge in [-0.15, -0.1) is 0 Å². The third-order valence-corrected chi connectivity index (χ3v) is 3.62. The van der Waals surface area contributed by atoms with E-state index in [-0.39, 0.29) is 6.04 Å². The summed E-state index contributed by atoms with van der Waals surface area (Å²) in [5.74, 6) is 1.97. The fraction of sp³-hybridized carbons (Fsp3) is 0.533. The smallest absolute Gasteiger partial charge is 0.407 e. The standard InChI is InChI=1S/C15H22N2O5/c1-20-13-4-3-12(9-14(13)21-2)22-8-5-11-10-17(15(18)19)7-6-16-11/h3-4,9,11,16H,5-8,10H2,1-2H3,(H,18,19). The van der Waals surface area contributed by atoms with Crippen molar-refractivity contribution in [3.8, 4) is 17.2 Å². The minimum absolute atomic E-state index is 0.116. The number of nitrogens with zero attached hydrogens (tertiary/aromatic N) is 1. The van der Waals surface area contributed by atoms with Gasteiger partial charge < -0.3 is 29.5 Å². The van der Waals surface area contributed by atoms with Crippen molar-refractivity contribution in [1.29, 1.82) is 0 Å². The van der Waals surface area contributed by atoms with E-state index in [2.05, 4.69) is 5.32 Å². The molecule has 1 heterocycles. The van der Waals surface area contributed by atoms with Gasteiger partial charge >= 0.3 is 6.09 Å². The summed E-state index contributed by atoms with van der Waals surface area (Å²) in [7, 11) is 3.16. The van der Waals surface area contributed by atoms with Crippen LogP contribution in [0.1, 0.15) is 6.42 Å². The Bertz CT molecular complexity index is 509. The minimum Gasteiger partial charge on any atom is -0.493 e. The molecule has 1 aliphatic rings. The number of ether oxygens (including phenoxy) is 3. The van der Waals surface area contributed by atoms with E-state index in [1.165, 1.54) is 4.90 Å². The van der Waals surface area contributed by atoms with E-state index in [9.17, 15) is 4.79 Å². The molecule has 1 aliphatic heterocycles. The zero-order valence-corrected chi connectivity index (χ0v) is 12.9. The van der Waals surface area contributed by atoms with Crippen LogP contribution in [0.15, 0.2) is 18.2 Å². The molecule has 7 heteroatoms. The van der Waals surface area contributed by atoms with Gasteiger partial charge in [-0.25, -0.2) is 4.79 Å². The van der Waals surface area contributed by atoms with Gasteiger partial charge in [-0.05, 0) is 18.6 Å². The first-order chi connectivity index (χ1) is 10.6. The van der Waals surface area contributed by atoms with Gasteiger partial charge in [0, 0.05) is 31.7 Å². The van der Waals surface area contributed by atoms with E-state index in [4.69, 9.17) is 19.3 Å². The van der Waals surface area contributed by atoms with Crippen LogP contribution in [0.5, 0.6) is 17.2 Å². The number of piperazine rings is 1. The topological polar surface area (TPSA) is 80.3 Å². The van der Waals surface area contributed by atoms with Gasteiger partial charge in [-0.3, -0.25) is 0 Å². The molecule has 122 valence electrons. The average Bonchev–Trinajstić information content (AvgIpc) is 2.55. The molecule has 22 heavy (non-hydrogen) atoms. The van der Waals surface area contributed by atoms with E-state index >= 15 is 0 Å². The molecular weight excluding hydrogens is 288 g/mol. The number of hydrogen-bond donors (Lipinski definition) is 2. The maximum atomic E-state index is 11.0. The summed E-state index contributed by atoms with van der Waals surface area (Å²) < 4.78 is 16.1. The summed E-state index contributed by atoms with van der Waals surface area (Å²) in [6.45, 7) is 2.20. The molecule has 1 atom stereocenters. The van der Waals surface area contributed by atoms with E-state index in [1.54, 1.807) is 26.4 Å². The third-order valence-electron chi connectivity index (χ3n) is 3.62. The summed E-state index contributed by atoms with van der Waals surface area (Å²) in [4.78, 5) is 12.4. The molecule has 1 saturated heterocycles. The lowest BCUT2D eigenvalue weighted by Crippen LogP contribution is -2.52. The summed E-state index contributed by atoms with van der Waals surface area (Å²) in [6, 6.07) is 5.50. The fourth-order valence-electron chi connectivity index (χ4n) is 2.42. The van der Waals surface area contributed by atoms with Crippen molar-refractivity contribution in [1.82, 2.24) is 10.2 Å². The first kappa shape index (κ1) is 16.2. The highest BCUT2D eigenvalue weighted by Crippen LogP contribution is 2.30. The van der Waals surface area contributed by atoms with Crippen molar-refractivity contribution in [3.63, 3.8) is 0 Å². The van der Waals surface area contributed by atoms with Crippen molar-refractivity contribution in [2.45, 2.75) is 12.5 Å². The second-order valence-electron chi connectivity index (χ2n) is 5.03.